The van der Waals surface area contributed by atoms with Crippen molar-refractivity contribution in [3.8, 4) is 11.9 Å². The van der Waals surface area contributed by atoms with Crippen LogP contribution < -0.4 is 10.6 Å². The minimum Gasteiger partial charge on any atom is -0.471 e. The minimum atomic E-state index is -0.409. The number of fused-ring (bicyclic) bond motifs is 1. The highest BCUT2D eigenvalue weighted by Gasteiger charge is 2.13. The molecule has 120 valence electrons. The number of ketones is 1. The van der Waals surface area contributed by atoms with Gasteiger partial charge in [-0.2, -0.15) is 5.26 Å². The first-order valence-electron chi connectivity index (χ1n) is 6.97. The number of nitriles is 1. The highest BCUT2D eigenvalue weighted by molar-refractivity contribution is 5.97. The summed E-state index contributed by atoms with van der Waals surface area (Å²) in [6, 6.07) is 1.86. The first-order chi connectivity index (χ1) is 11.0. The molecule has 2 aromatic rings. The summed E-state index contributed by atoms with van der Waals surface area (Å²) in [5, 5.41) is 17.9. The number of carbonyl (C=O) groups is 1. The van der Waals surface area contributed by atoms with Crippen molar-refractivity contribution >= 4 is 16.9 Å². The van der Waals surface area contributed by atoms with Gasteiger partial charge in [-0.3, -0.25) is 9.47 Å². The molecule has 0 fully saturated rings. The van der Waals surface area contributed by atoms with E-state index in [-0.39, 0.29) is 23.8 Å². The zero-order valence-electron chi connectivity index (χ0n) is 12.9. The van der Waals surface area contributed by atoms with Gasteiger partial charge < -0.3 is 15.7 Å². The number of nitrogens with zero attached hydrogens (tertiary/aromatic N) is 4. The average molecular weight is 315 g/mol. The number of allylic oxidation sites excluding steroid dienone is 2. The van der Waals surface area contributed by atoms with E-state index in [0.29, 0.717) is 23.1 Å². The predicted molar refractivity (Wildman–Crippen MR) is 82.9 cm³/mol. The number of aliphatic hydroxyl groups is 1. The Bertz CT molecular complexity index is 803. The van der Waals surface area contributed by atoms with Crippen LogP contribution in [0, 0.1) is 11.3 Å². The molecule has 0 aliphatic rings. The number of nitrogen functional groups attached to an aromatic ring is 1. The number of rotatable bonds is 6. The second-order valence-electron chi connectivity index (χ2n) is 5.04. The van der Waals surface area contributed by atoms with Crippen molar-refractivity contribution in [2.24, 2.45) is 0 Å². The molecule has 0 amide bonds. The summed E-state index contributed by atoms with van der Waals surface area (Å²) in [5.74, 6) is 5.80. The molecule has 1 unspecified atom stereocenters. The van der Waals surface area contributed by atoms with Crippen LogP contribution in [0.3, 0.4) is 0 Å². The molecule has 0 spiro atoms. The Morgan fingerprint density at radius 1 is 1.65 bits per heavy atom. The summed E-state index contributed by atoms with van der Waals surface area (Å²) in [4.78, 5) is 19.8. The number of aromatic nitrogens is 3. The second-order valence-corrected chi connectivity index (χ2v) is 5.04. The Balaban J connectivity index is 2.38. The Hall–Kier alpha value is -2.92. The number of hydrogen-bond acceptors (Lipinski definition) is 7. The molecule has 8 heteroatoms. The fourth-order valence-electron chi connectivity index (χ4n) is 1.99. The fourth-order valence-corrected chi connectivity index (χ4v) is 1.99. The van der Waals surface area contributed by atoms with Crippen LogP contribution in [0.15, 0.2) is 24.0 Å². The highest BCUT2D eigenvalue weighted by atomic mass is 16.5. The zero-order chi connectivity index (χ0) is 17.0. The summed E-state index contributed by atoms with van der Waals surface area (Å²) < 4.78 is 6.75. The van der Waals surface area contributed by atoms with Crippen molar-refractivity contribution in [2.75, 3.05) is 12.4 Å². The third kappa shape index (κ3) is 3.64. The smallest absolute Gasteiger partial charge is 0.233 e. The Morgan fingerprint density at radius 2 is 2.39 bits per heavy atom. The maximum Gasteiger partial charge on any atom is 0.233 e. The first kappa shape index (κ1) is 16.5. The molecule has 23 heavy (non-hydrogen) atoms. The van der Waals surface area contributed by atoms with Crippen LogP contribution >= 0.6 is 0 Å². The normalized spacial score (nSPS) is 12.9. The lowest BCUT2D eigenvalue weighted by Crippen LogP contribution is -2.17. The van der Waals surface area contributed by atoms with Gasteiger partial charge in [-0.1, -0.05) is 6.08 Å². The molecule has 0 saturated carbocycles. The van der Waals surface area contributed by atoms with Gasteiger partial charge in [-0.25, -0.2) is 9.97 Å². The predicted octanol–water partition coefficient (Wildman–Crippen LogP) is 0.486. The Labute approximate surface area is 132 Å². The van der Waals surface area contributed by atoms with E-state index in [4.69, 9.17) is 20.9 Å². The van der Waals surface area contributed by atoms with Gasteiger partial charge in [0.05, 0.1) is 18.4 Å². The van der Waals surface area contributed by atoms with Gasteiger partial charge >= 0.3 is 0 Å². The van der Waals surface area contributed by atoms with E-state index in [2.05, 4.69) is 9.97 Å². The molecule has 0 aliphatic heterocycles. The number of ether oxygens (including phenoxy) is 1. The molecule has 0 aromatic carbocycles. The van der Waals surface area contributed by atoms with Crippen LogP contribution in [0.1, 0.15) is 19.4 Å². The van der Waals surface area contributed by atoms with Crippen molar-refractivity contribution in [1.82, 2.24) is 14.6 Å². The van der Waals surface area contributed by atoms with Gasteiger partial charge in [-0.05, 0) is 20.3 Å². The molecule has 2 heterocycles. The van der Waals surface area contributed by atoms with Crippen molar-refractivity contribution < 1.29 is 14.6 Å². The van der Waals surface area contributed by atoms with Gasteiger partial charge in [0, 0.05) is 11.8 Å². The third-order valence-electron chi connectivity index (χ3n) is 3.18. The molecule has 1 atom stereocenters. The van der Waals surface area contributed by atoms with E-state index in [9.17, 15) is 4.79 Å². The lowest BCUT2D eigenvalue weighted by Gasteiger charge is -2.10. The number of Topliss-reactive ketones (excluding diaryl/α,β-unsaturated/α-hetero) is 1. The summed E-state index contributed by atoms with van der Waals surface area (Å²) in [6.07, 6.45) is 4.50. The number of hydrogen-bond donors (Lipinski definition) is 2. The molecule has 2 aromatic heterocycles. The van der Waals surface area contributed by atoms with Crippen molar-refractivity contribution in [3.63, 3.8) is 0 Å². The highest BCUT2D eigenvalue weighted by Crippen LogP contribution is 2.20. The molecular formula is C15H17N5O3. The van der Waals surface area contributed by atoms with Crippen molar-refractivity contribution in [2.45, 2.75) is 26.4 Å². The quantitative estimate of drug-likeness (QED) is 0.451. The maximum atomic E-state index is 11.3. The van der Waals surface area contributed by atoms with Crippen molar-refractivity contribution in [1.29, 1.82) is 5.26 Å². The summed E-state index contributed by atoms with van der Waals surface area (Å²) in [5.41, 5.74) is 1.77. The van der Waals surface area contributed by atoms with Gasteiger partial charge in [0.15, 0.2) is 11.4 Å². The first-order valence-corrected chi connectivity index (χ1v) is 6.97. The Morgan fingerprint density at radius 3 is 3.00 bits per heavy atom. The zero-order valence-corrected chi connectivity index (χ0v) is 12.9. The number of carbonyl (C=O) groups excluding carboxylic acids is 1. The maximum absolute atomic E-state index is 11.3. The van der Waals surface area contributed by atoms with Gasteiger partial charge in [0.1, 0.15) is 17.7 Å². The molecule has 0 bridgehead atoms. The van der Waals surface area contributed by atoms with E-state index in [1.807, 2.05) is 6.07 Å². The van der Waals surface area contributed by atoms with Crippen LogP contribution in [-0.2, 0) is 11.2 Å². The summed E-state index contributed by atoms with van der Waals surface area (Å²) in [7, 11) is 0. The van der Waals surface area contributed by atoms with E-state index in [0.717, 1.165) is 0 Å². The largest absolute Gasteiger partial charge is 0.471 e. The molecule has 0 radical (unpaired) electrons. The summed E-state index contributed by atoms with van der Waals surface area (Å²) >= 11 is 0. The number of nitrogens with two attached hydrogens (primary N) is 1. The number of aliphatic hydroxyl groups excluding tert-OH is 1. The van der Waals surface area contributed by atoms with Crippen molar-refractivity contribution in [3.05, 3.63) is 29.6 Å². The Kier molecular flexibility index (Phi) is 4.93. The molecule has 0 saturated heterocycles. The van der Waals surface area contributed by atoms with E-state index in [1.54, 1.807) is 13.1 Å². The molecular weight excluding hydrogens is 298 g/mol. The molecule has 3 N–H and O–H groups in total. The molecule has 0 aliphatic carbocycles. The van der Waals surface area contributed by atoms with Crippen LogP contribution in [0.2, 0.25) is 0 Å². The van der Waals surface area contributed by atoms with Gasteiger partial charge in [-0.15, -0.1) is 0 Å². The second kappa shape index (κ2) is 6.89. The lowest BCUT2D eigenvalue weighted by atomic mass is 10.1. The standard InChI is InChI=1S/C15H17N5O3/c1-9(8-21)23-13-6-18-15-14(19-13)12(7-20(15)17)4-3-11(5-16)10(2)22/h3,6-7,9,21H,4,8,17H2,1-2H3/b11-3+. The van der Waals surface area contributed by atoms with E-state index >= 15 is 0 Å². The lowest BCUT2D eigenvalue weighted by molar-refractivity contribution is -0.113. The van der Waals surface area contributed by atoms with Crippen LogP contribution in [0.25, 0.3) is 11.2 Å². The topological polar surface area (TPSA) is 127 Å². The fraction of sp³-hybridized carbons (Fsp3) is 0.333. The van der Waals surface area contributed by atoms with E-state index in [1.165, 1.54) is 23.9 Å². The van der Waals surface area contributed by atoms with Crippen LogP contribution in [0.5, 0.6) is 5.88 Å². The van der Waals surface area contributed by atoms with Crippen LogP contribution in [-0.4, -0.2) is 38.2 Å². The third-order valence-corrected chi connectivity index (χ3v) is 3.18. The monoisotopic (exact) mass is 315 g/mol. The SMILES string of the molecule is CC(=O)/C(C#N)=C/Cc1cn(N)c2ncc(OC(C)CO)nc12. The van der Waals surface area contributed by atoms with Gasteiger partial charge in [0.2, 0.25) is 5.88 Å². The molecule has 2 rings (SSSR count). The van der Waals surface area contributed by atoms with Crippen LogP contribution in [0.4, 0.5) is 0 Å². The summed E-state index contributed by atoms with van der Waals surface area (Å²) in [6.45, 7) is 2.90. The average Bonchev–Trinajstić information content (AvgIpc) is 2.83. The minimum absolute atomic E-state index is 0.0807. The van der Waals surface area contributed by atoms with E-state index < -0.39 is 6.10 Å². The van der Waals surface area contributed by atoms with Gasteiger partial charge in [0.25, 0.3) is 0 Å². The molecule has 8 nitrogen and oxygen atoms in total.